The van der Waals surface area contributed by atoms with E-state index in [1.54, 1.807) is 12.1 Å². The van der Waals surface area contributed by atoms with E-state index in [1.807, 2.05) is 6.92 Å². The Balaban J connectivity index is 2.21. The first-order valence-corrected chi connectivity index (χ1v) is 5.93. The first-order valence-electron chi connectivity index (χ1n) is 5.18. The minimum Gasteiger partial charge on any atom is -0.456 e. The van der Waals surface area contributed by atoms with Gasteiger partial charge in [0.15, 0.2) is 16.1 Å². The van der Waals surface area contributed by atoms with Crippen LogP contribution in [0.15, 0.2) is 22.9 Å². The predicted octanol–water partition coefficient (Wildman–Crippen LogP) is 3.19. The highest BCUT2D eigenvalue weighted by molar-refractivity contribution is 6.38. The van der Waals surface area contributed by atoms with Crippen LogP contribution in [0.5, 0.6) is 0 Å². The molecule has 0 fully saturated rings. The Hall–Kier alpha value is -1.59. The van der Waals surface area contributed by atoms with Crippen LogP contribution >= 0.6 is 23.2 Å². The van der Waals surface area contributed by atoms with E-state index in [4.69, 9.17) is 27.6 Å². The van der Waals surface area contributed by atoms with Crippen LogP contribution in [0.25, 0.3) is 0 Å². The number of amides is 1. The van der Waals surface area contributed by atoms with Gasteiger partial charge in [0.2, 0.25) is 0 Å². The van der Waals surface area contributed by atoms with E-state index >= 15 is 0 Å². The molecule has 0 aromatic carbocycles. The SMILES string of the molecule is CCc1ccc(C(=O)Nc2c(Cl)ncnc2Cl)o1. The quantitative estimate of drug-likeness (QED) is 0.880. The Labute approximate surface area is 113 Å². The molecule has 2 aromatic rings. The lowest BCUT2D eigenvalue weighted by Crippen LogP contribution is -2.12. The maximum absolute atomic E-state index is 11.9. The molecule has 0 spiro atoms. The van der Waals surface area contributed by atoms with Crippen LogP contribution in [-0.4, -0.2) is 15.9 Å². The number of nitrogens with zero attached hydrogens (tertiary/aromatic N) is 2. The van der Waals surface area contributed by atoms with Gasteiger partial charge in [-0.15, -0.1) is 0 Å². The number of hydrogen-bond donors (Lipinski definition) is 1. The average molecular weight is 286 g/mol. The summed E-state index contributed by atoms with van der Waals surface area (Å²) in [5.41, 5.74) is 0.167. The normalized spacial score (nSPS) is 10.4. The Morgan fingerprint density at radius 3 is 2.56 bits per heavy atom. The summed E-state index contributed by atoms with van der Waals surface area (Å²) in [5, 5.41) is 2.66. The zero-order valence-corrected chi connectivity index (χ0v) is 10.9. The summed E-state index contributed by atoms with van der Waals surface area (Å²) in [6.07, 6.45) is 1.92. The third-order valence-electron chi connectivity index (χ3n) is 2.23. The fraction of sp³-hybridized carbons (Fsp3) is 0.182. The van der Waals surface area contributed by atoms with E-state index in [0.29, 0.717) is 6.42 Å². The second-order valence-electron chi connectivity index (χ2n) is 3.40. The van der Waals surface area contributed by atoms with E-state index in [-0.39, 0.29) is 21.8 Å². The maximum Gasteiger partial charge on any atom is 0.291 e. The highest BCUT2D eigenvalue weighted by Gasteiger charge is 2.15. The predicted molar refractivity (Wildman–Crippen MR) is 68.1 cm³/mol. The molecular formula is C11H9Cl2N3O2. The van der Waals surface area contributed by atoms with Crippen molar-refractivity contribution in [2.75, 3.05) is 5.32 Å². The van der Waals surface area contributed by atoms with Gasteiger partial charge in [0, 0.05) is 6.42 Å². The van der Waals surface area contributed by atoms with Crippen LogP contribution in [0.2, 0.25) is 10.3 Å². The fourth-order valence-corrected chi connectivity index (χ4v) is 1.72. The second kappa shape index (κ2) is 5.37. The standard InChI is InChI=1S/C11H9Cl2N3O2/c1-2-6-3-4-7(18-6)11(17)16-8-9(12)14-5-15-10(8)13/h3-5H,2H2,1H3,(H,16,17). The van der Waals surface area contributed by atoms with E-state index < -0.39 is 5.91 Å². The molecule has 2 heterocycles. The summed E-state index contributed by atoms with van der Waals surface area (Å²) in [4.78, 5) is 19.3. The monoisotopic (exact) mass is 285 g/mol. The van der Waals surface area contributed by atoms with Gasteiger partial charge < -0.3 is 9.73 Å². The number of nitrogens with one attached hydrogen (secondary N) is 1. The van der Waals surface area contributed by atoms with Crippen molar-refractivity contribution in [1.29, 1.82) is 0 Å². The molecule has 2 aromatic heterocycles. The summed E-state index contributed by atoms with van der Waals surface area (Å²) >= 11 is 11.6. The van der Waals surface area contributed by atoms with Crippen molar-refractivity contribution in [3.8, 4) is 0 Å². The molecule has 0 unspecified atom stereocenters. The molecule has 0 bridgehead atoms. The molecule has 0 radical (unpaired) electrons. The Kier molecular flexibility index (Phi) is 3.84. The zero-order valence-electron chi connectivity index (χ0n) is 9.41. The minimum absolute atomic E-state index is 0.0746. The molecule has 1 N–H and O–H groups in total. The van der Waals surface area contributed by atoms with E-state index in [9.17, 15) is 4.79 Å². The number of halogens is 2. The summed E-state index contributed by atoms with van der Waals surface area (Å²) in [7, 11) is 0. The largest absolute Gasteiger partial charge is 0.456 e. The smallest absolute Gasteiger partial charge is 0.291 e. The number of hydrogen-bond acceptors (Lipinski definition) is 4. The number of aromatic nitrogens is 2. The summed E-state index contributed by atoms with van der Waals surface area (Å²) < 4.78 is 5.31. The van der Waals surface area contributed by atoms with Crippen LogP contribution in [0.4, 0.5) is 5.69 Å². The van der Waals surface area contributed by atoms with Crippen molar-refractivity contribution < 1.29 is 9.21 Å². The molecule has 1 amide bonds. The Bertz CT molecular complexity index is 563. The lowest BCUT2D eigenvalue weighted by Gasteiger charge is -2.05. The summed E-state index contributed by atoms with van der Waals surface area (Å²) in [6.45, 7) is 1.93. The third kappa shape index (κ3) is 2.63. The Morgan fingerprint density at radius 1 is 1.33 bits per heavy atom. The van der Waals surface area contributed by atoms with Gasteiger partial charge in [-0.05, 0) is 12.1 Å². The van der Waals surface area contributed by atoms with Crippen molar-refractivity contribution in [1.82, 2.24) is 9.97 Å². The van der Waals surface area contributed by atoms with Gasteiger partial charge in [-0.3, -0.25) is 4.79 Å². The van der Waals surface area contributed by atoms with Crippen LogP contribution in [0.3, 0.4) is 0 Å². The second-order valence-corrected chi connectivity index (χ2v) is 4.12. The molecule has 0 aliphatic heterocycles. The van der Waals surface area contributed by atoms with Crippen molar-refractivity contribution in [3.63, 3.8) is 0 Å². The van der Waals surface area contributed by atoms with E-state index in [2.05, 4.69) is 15.3 Å². The highest BCUT2D eigenvalue weighted by atomic mass is 35.5. The molecule has 18 heavy (non-hydrogen) atoms. The number of anilines is 1. The topological polar surface area (TPSA) is 68.0 Å². The molecule has 0 aliphatic rings. The molecule has 0 atom stereocenters. The first kappa shape index (κ1) is 12.9. The number of aryl methyl sites for hydroxylation is 1. The number of furan rings is 1. The van der Waals surface area contributed by atoms with Gasteiger partial charge in [0.1, 0.15) is 17.8 Å². The average Bonchev–Trinajstić information content (AvgIpc) is 2.82. The lowest BCUT2D eigenvalue weighted by molar-refractivity contribution is 0.0995. The molecule has 0 aliphatic carbocycles. The van der Waals surface area contributed by atoms with Crippen molar-refractivity contribution in [3.05, 3.63) is 40.3 Å². The van der Waals surface area contributed by atoms with Crippen molar-refractivity contribution in [2.24, 2.45) is 0 Å². The molecule has 0 saturated carbocycles. The van der Waals surface area contributed by atoms with Gasteiger partial charge in [-0.2, -0.15) is 0 Å². The van der Waals surface area contributed by atoms with Gasteiger partial charge in [-0.25, -0.2) is 9.97 Å². The minimum atomic E-state index is -0.451. The molecule has 0 saturated heterocycles. The number of rotatable bonds is 3. The fourth-order valence-electron chi connectivity index (χ4n) is 1.31. The zero-order chi connectivity index (χ0) is 13.1. The molecule has 2 rings (SSSR count). The highest BCUT2D eigenvalue weighted by Crippen LogP contribution is 2.26. The first-order chi connectivity index (χ1) is 8.61. The number of carbonyl (C=O) groups is 1. The van der Waals surface area contributed by atoms with Gasteiger partial charge in [0.05, 0.1) is 0 Å². The van der Waals surface area contributed by atoms with Gasteiger partial charge in [-0.1, -0.05) is 30.1 Å². The van der Waals surface area contributed by atoms with Crippen molar-refractivity contribution in [2.45, 2.75) is 13.3 Å². The Morgan fingerprint density at radius 2 is 2.00 bits per heavy atom. The van der Waals surface area contributed by atoms with Gasteiger partial charge in [0.25, 0.3) is 5.91 Å². The number of carbonyl (C=O) groups excluding carboxylic acids is 1. The van der Waals surface area contributed by atoms with E-state index in [1.165, 1.54) is 6.33 Å². The van der Waals surface area contributed by atoms with Crippen LogP contribution in [0, 0.1) is 0 Å². The summed E-state index contributed by atoms with van der Waals surface area (Å²) in [5.74, 6) is 0.456. The molecule has 7 heteroatoms. The lowest BCUT2D eigenvalue weighted by atomic mass is 10.3. The summed E-state index contributed by atoms with van der Waals surface area (Å²) in [6, 6.07) is 3.32. The van der Waals surface area contributed by atoms with E-state index in [0.717, 1.165) is 5.76 Å². The van der Waals surface area contributed by atoms with Crippen molar-refractivity contribution >= 4 is 34.8 Å². The molecular weight excluding hydrogens is 277 g/mol. The molecule has 94 valence electrons. The van der Waals surface area contributed by atoms with Crippen LogP contribution < -0.4 is 5.32 Å². The van der Waals surface area contributed by atoms with Crippen LogP contribution in [-0.2, 0) is 6.42 Å². The van der Waals surface area contributed by atoms with Crippen LogP contribution in [0.1, 0.15) is 23.2 Å². The third-order valence-corrected chi connectivity index (χ3v) is 2.80. The maximum atomic E-state index is 11.9. The molecule has 5 nitrogen and oxygen atoms in total. The van der Waals surface area contributed by atoms with Gasteiger partial charge >= 0.3 is 0 Å².